The third kappa shape index (κ3) is 1.83. The van der Waals surface area contributed by atoms with E-state index in [1.54, 1.807) is 7.11 Å². The Bertz CT molecular complexity index is 600. The van der Waals surface area contributed by atoms with Gasteiger partial charge in [0, 0.05) is 5.56 Å². The average Bonchev–Trinajstić information content (AvgIpc) is 2.64. The largest absolute Gasteiger partial charge is 0.496 e. The number of rotatable bonds is 2. The topological polar surface area (TPSA) is 61.3 Å². The molecule has 1 heterocycles. The quantitative estimate of drug-likeness (QED) is 0.884. The van der Waals surface area contributed by atoms with E-state index in [2.05, 4.69) is 18.0 Å². The molecule has 1 aromatic carbocycles. The average molecular weight is 246 g/mol. The number of hydrogen-bond acceptors (Lipinski definition) is 4. The Morgan fingerprint density at radius 3 is 2.33 bits per heavy atom. The van der Waals surface area contributed by atoms with Crippen molar-refractivity contribution < 1.29 is 9.15 Å². The minimum Gasteiger partial charge on any atom is -0.496 e. The summed E-state index contributed by atoms with van der Waals surface area (Å²) in [7, 11) is 1.69. The van der Waals surface area contributed by atoms with Gasteiger partial charge in [0.2, 0.25) is 0 Å². The van der Waals surface area contributed by atoms with Crippen LogP contribution in [0.2, 0.25) is 0 Å². The van der Waals surface area contributed by atoms with Crippen LogP contribution in [0.4, 0.5) is 6.01 Å². The Kier molecular flexibility index (Phi) is 3.03. The summed E-state index contributed by atoms with van der Waals surface area (Å²) in [6.07, 6.45) is 0. The molecule has 0 unspecified atom stereocenters. The number of ether oxygens (including phenoxy) is 1. The summed E-state index contributed by atoms with van der Waals surface area (Å²) >= 11 is 0. The molecule has 2 rings (SSSR count). The zero-order valence-electron chi connectivity index (χ0n) is 11.4. The third-order valence-electron chi connectivity index (χ3n) is 3.30. The van der Waals surface area contributed by atoms with Crippen molar-refractivity contribution in [1.82, 2.24) is 4.98 Å². The Morgan fingerprint density at radius 2 is 1.83 bits per heavy atom. The smallest absolute Gasteiger partial charge is 0.292 e. The molecule has 0 radical (unpaired) electrons. The van der Waals surface area contributed by atoms with Crippen molar-refractivity contribution in [3.8, 4) is 17.0 Å². The van der Waals surface area contributed by atoms with E-state index in [0.717, 1.165) is 39.5 Å². The van der Waals surface area contributed by atoms with Gasteiger partial charge in [0.1, 0.15) is 17.2 Å². The molecule has 0 amide bonds. The van der Waals surface area contributed by atoms with Gasteiger partial charge in [0.25, 0.3) is 6.01 Å². The molecule has 18 heavy (non-hydrogen) atoms. The van der Waals surface area contributed by atoms with Crippen LogP contribution in [-0.2, 0) is 0 Å². The maximum absolute atomic E-state index is 5.60. The fourth-order valence-corrected chi connectivity index (χ4v) is 2.29. The van der Waals surface area contributed by atoms with Crippen molar-refractivity contribution in [3.05, 3.63) is 28.5 Å². The van der Waals surface area contributed by atoms with E-state index in [1.165, 1.54) is 0 Å². The first-order valence-corrected chi connectivity index (χ1v) is 5.83. The molecule has 0 atom stereocenters. The molecular formula is C14H18N2O2. The first kappa shape index (κ1) is 12.5. The fraction of sp³-hybridized carbons (Fsp3) is 0.357. The summed E-state index contributed by atoms with van der Waals surface area (Å²) in [5.41, 5.74) is 10.8. The summed E-state index contributed by atoms with van der Waals surface area (Å²) in [5, 5.41) is 0. The third-order valence-corrected chi connectivity index (χ3v) is 3.30. The van der Waals surface area contributed by atoms with E-state index in [1.807, 2.05) is 20.8 Å². The molecule has 0 fully saturated rings. The molecule has 0 spiro atoms. The lowest BCUT2D eigenvalue weighted by Crippen LogP contribution is -1.97. The van der Waals surface area contributed by atoms with E-state index < -0.39 is 0 Å². The molecule has 2 N–H and O–H groups in total. The molecule has 96 valence electrons. The van der Waals surface area contributed by atoms with Crippen LogP contribution in [0.15, 0.2) is 10.5 Å². The first-order valence-electron chi connectivity index (χ1n) is 5.83. The molecule has 1 aromatic heterocycles. The highest BCUT2D eigenvalue weighted by Crippen LogP contribution is 2.35. The number of benzene rings is 1. The van der Waals surface area contributed by atoms with Crippen molar-refractivity contribution in [2.75, 3.05) is 12.8 Å². The lowest BCUT2D eigenvalue weighted by Gasteiger charge is -2.14. The normalized spacial score (nSPS) is 10.7. The highest BCUT2D eigenvalue weighted by Gasteiger charge is 2.17. The lowest BCUT2D eigenvalue weighted by atomic mass is 9.96. The Balaban J connectivity index is 2.70. The maximum Gasteiger partial charge on any atom is 0.292 e. The zero-order chi connectivity index (χ0) is 13.4. The van der Waals surface area contributed by atoms with Gasteiger partial charge in [-0.3, -0.25) is 0 Å². The molecule has 0 aliphatic carbocycles. The Morgan fingerprint density at radius 1 is 1.17 bits per heavy atom. The minimum atomic E-state index is 0.202. The van der Waals surface area contributed by atoms with Gasteiger partial charge in [-0.05, 0) is 50.5 Å². The highest BCUT2D eigenvalue weighted by atomic mass is 16.5. The number of aromatic nitrogens is 1. The minimum absolute atomic E-state index is 0.202. The van der Waals surface area contributed by atoms with E-state index >= 15 is 0 Å². The number of oxazole rings is 1. The Labute approximate surface area is 107 Å². The molecule has 4 heteroatoms. The van der Waals surface area contributed by atoms with Crippen LogP contribution in [-0.4, -0.2) is 12.1 Å². The van der Waals surface area contributed by atoms with Gasteiger partial charge in [-0.15, -0.1) is 0 Å². The monoisotopic (exact) mass is 246 g/mol. The van der Waals surface area contributed by atoms with Gasteiger partial charge in [-0.25, -0.2) is 0 Å². The number of nitrogens with two attached hydrogens (primary N) is 1. The van der Waals surface area contributed by atoms with Gasteiger partial charge in [-0.1, -0.05) is 0 Å². The molecule has 2 aromatic rings. The second-order valence-corrected chi connectivity index (χ2v) is 4.48. The van der Waals surface area contributed by atoms with Crippen molar-refractivity contribution in [2.24, 2.45) is 0 Å². The molecule has 0 saturated heterocycles. The summed E-state index contributed by atoms with van der Waals surface area (Å²) in [6.45, 7) is 7.99. The van der Waals surface area contributed by atoms with E-state index in [4.69, 9.17) is 14.9 Å². The maximum atomic E-state index is 5.60. The van der Waals surface area contributed by atoms with Crippen LogP contribution in [0.25, 0.3) is 11.3 Å². The number of methoxy groups -OCH3 is 1. The van der Waals surface area contributed by atoms with Gasteiger partial charge >= 0.3 is 0 Å². The predicted octanol–water partition coefficient (Wildman–Crippen LogP) is 3.17. The van der Waals surface area contributed by atoms with E-state index in [9.17, 15) is 0 Å². The Hall–Kier alpha value is -1.97. The first-order chi connectivity index (χ1) is 8.45. The van der Waals surface area contributed by atoms with Crippen LogP contribution in [0.1, 0.15) is 22.5 Å². The molecule has 0 bridgehead atoms. The summed E-state index contributed by atoms with van der Waals surface area (Å²) in [5.74, 6) is 1.66. The summed E-state index contributed by atoms with van der Waals surface area (Å²) < 4.78 is 10.7. The molecule has 0 aliphatic heterocycles. The zero-order valence-corrected chi connectivity index (χ0v) is 11.4. The number of nitrogens with zero attached hydrogens (tertiary/aromatic N) is 1. The number of hydrogen-bond donors (Lipinski definition) is 1. The second kappa shape index (κ2) is 4.37. The fourth-order valence-electron chi connectivity index (χ4n) is 2.29. The van der Waals surface area contributed by atoms with Crippen LogP contribution < -0.4 is 10.5 Å². The van der Waals surface area contributed by atoms with Crippen molar-refractivity contribution in [1.29, 1.82) is 0 Å². The van der Waals surface area contributed by atoms with Crippen LogP contribution in [0.3, 0.4) is 0 Å². The van der Waals surface area contributed by atoms with Crippen LogP contribution in [0.5, 0.6) is 5.75 Å². The van der Waals surface area contributed by atoms with Gasteiger partial charge in [0.05, 0.1) is 7.11 Å². The van der Waals surface area contributed by atoms with Crippen LogP contribution >= 0.6 is 0 Å². The SMILES string of the molecule is COc1c(C)cc(-c2nc(N)oc2C)c(C)c1C. The number of anilines is 1. The summed E-state index contributed by atoms with van der Waals surface area (Å²) in [4.78, 5) is 4.25. The van der Waals surface area contributed by atoms with Crippen molar-refractivity contribution in [3.63, 3.8) is 0 Å². The van der Waals surface area contributed by atoms with Gasteiger partial charge in [-0.2, -0.15) is 4.98 Å². The lowest BCUT2D eigenvalue weighted by molar-refractivity contribution is 0.408. The molecule has 0 aliphatic rings. The molecule has 4 nitrogen and oxygen atoms in total. The van der Waals surface area contributed by atoms with Crippen molar-refractivity contribution >= 4 is 6.01 Å². The molecular weight excluding hydrogens is 228 g/mol. The van der Waals surface area contributed by atoms with Crippen LogP contribution in [0, 0.1) is 27.7 Å². The highest BCUT2D eigenvalue weighted by molar-refractivity contribution is 5.71. The predicted molar refractivity (Wildman–Crippen MR) is 71.9 cm³/mol. The van der Waals surface area contributed by atoms with E-state index in [-0.39, 0.29) is 6.01 Å². The van der Waals surface area contributed by atoms with Gasteiger partial charge in [0.15, 0.2) is 0 Å². The van der Waals surface area contributed by atoms with Crippen molar-refractivity contribution in [2.45, 2.75) is 27.7 Å². The van der Waals surface area contributed by atoms with E-state index in [0.29, 0.717) is 0 Å². The molecule has 0 saturated carbocycles. The van der Waals surface area contributed by atoms with Gasteiger partial charge < -0.3 is 14.9 Å². The standard InChI is InChI=1S/C14H18N2O2/c1-7-6-11(8(2)9(3)13(7)17-5)12-10(4)18-14(15)16-12/h6H,1-5H3,(H2,15,16). The number of nitrogen functional groups attached to an aromatic ring is 1. The number of aryl methyl sites for hydroxylation is 2. The second-order valence-electron chi connectivity index (χ2n) is 4.48. The summed E-state index contributed by atoms with van der Waals surface area (Å²) in [6, 6.07) is 2.26.